The molecule has 0 radical (unpaired) electrons. The highest BCUT2D eigenvalue weighted by Gasteiger charge is 2.08. The molecule has 0 aliphatic heterocycles. The number of carbonyl (C=O) groups is 2. The lowest BCUT2D eigenvalue weighted by Crippen LogP contribution is -2.30. The number of hydrogen-bond acceptors (Lipinski definition) is 4. The first-order chi connectivity index (χ1) is 12.1. The molecule has 1 N–H and O–H groups in total. The molecule has 2 aromatic rings. The largest absolute Gasteiger partial charge is 0.497 e. The van der Waals surface area contributed by atoms with Crippen LogP contribution in [0, 0.1) is 0 Å². The van der Waals surface area contributed by atoms with Crippen LogP contribution in [-0.2, 0) is 27.2 Å². The molecule has 1 amide bonds. The fraction of sp³-hybridized carbons (Fsp3) is 0.263. The Morgan fingerprint density at radius 3 is 2.28 bits per heavy atom. The molecule has 0 spiro atoms. The second-order valence-corrected chi connectivity index (χ2v) is 5.85. The van der Waals surface area contributed by atoms with Crippen molar-refractivity contribution in [2.24, 2.45) is 0 Å². The highest BCUT2D eigenvalue weighted by molar-refractivity contribution is 6.30. The molecule has 2 rings (SSSR count). The van der Waals surface area contributed by atoms with Gasteiger partial charge >= 0.3 is 5.97 Å². The second kappa shape index (κ2) is 9.69. The summed E-state index contributed by atoms with van der Waals surface area (Å²) in [6.07, 6.45) is 0.796. The molecule has 0 saturated heterocycles. The van der Waals surface area contributed by atoms with Crippen molar-refractivity contribution >= 4 is 23.5 Å². The summed E-state index contributed by atoms with van der Waals surface area (Å²) in [6, 6.07) is 14.5. The fourth-order valence-corrected chi connectivity index (χ4v) is 2.28. The van der Waals surface area contributed by atoms with Gasteiger partial charge < -0.3 is 14.8 Å². The zero-order chi connectivity index (χ0) is 18.1. The summed E-state index contributed by atoms with van der Waals surface area (Å²) in [7, 11) is 1.58. The van der Waals surface area contributed by atoms with E-state index < -0.39 is 5.97 Å². The van der Waals surface area contributed by atoms with Crippen molar-refractivity contribution in [1.82, 2.24) is 5.32 Å². The van der Waals surface area contributed by atoms with Crippen molar-refractivity contribution < 1.29 is 19.1 Å². The molecule has 2 aromatic carbocycles. The van der Waals surface area contributed by atoms with Crippen LogP contribution in [0.4, 0.5) is 0 Å². The number of rotatable bonds is 8. The highest BCUT2D eigenvalue weighted by atomic mass is 35.5. The van der Waals surface area contributed by atoms with E-state index in [4.69, 9.17) is 21.1 Å². The van der Waals surface area contributed by atoms with Crippen LogP contribution in [-0.4, -0.2) is 32.1 Å². The van der Waals surface area contributed by atoms with Crippen LogP contribution in [0.3, 0.4) is 0 Å². The van der Waals surface area contributed by atoms with E-state index in [1.165, 1.54) is 0 Å². The van der Waals surface area contributed by atoms with Crippen LogP contribution in [0.2, 0.25) is 5.02 Å². The molecule has 0 saturated carbocycles. The summed E-state index contributed by atoms with van der Waals surface area (Å²) in [5.74, 6) is -0.0488. The van der Waals surface area contributed by atoms with Crippen LogP contribution < -0.4 is 10.1 Å². The number of hydrogen-bond donors (Lipinski definition) is 1. The maximum atomic E-state index is 11.8. The van der Waals surface area contributed by atoms with Gasteiger partial charge in [-0.15, -0.1) is 0 Å². The summed E-state index contributed by atoms with van der Waals surface area (Å²) in [5.41, 5.74) is 1.87. The summed E-state index contributed by atoms with van der Waals surface area (Å²) in [5, 5.41) is 3.39. The van der Waals surface area contributed by atoms with E-state index in [9.17, 15) is 9.59 Å². The number of carbonyl (C=O) groups excluding carboxylic acids is 2. The second-order valence-electron chi connectivity index (χ2n) is 5.41. The SMILES string of the molecule is COc1ccc(CC(=O)OCC(=O)NCCc2ccc(Cl)cc2)cc1. The lowest BCUT2D eigenvalue weighted by molar-refractivity contribution is -0.147. The van der Waals surface area contributed by atoms with Gasteiger partial charge in [-0.1, -0.05) is 35.9 Å². The molecule has 6 heteroatoms. The van der Waals surface area contributed by atoms with Crippen LogP contribution >= 0.6 is 11.6 Å². The zero-order valence-corrected chi connectivity index (χ0v) is 14.7. The van der Waals surface area contributed by atoms with Crippen molar-refractivity contribution in [3.8, 4) is 5.75 Å². The van der Waals surface area contributed by atoms with Crippen molar-refractivity contribution in [3.63, 3.8) is 0 Å². The Morgan fingerprint density at radius 2 is 1.64 bits per heavy atom. The van der Waals surface area contributed by atoms with E-state index in [0.717, 1.165) is 16.9 Å². The Balaban J connectivity index is 1.64. The molecule has 0 atom stereocenters. The molecular formula is C19H20ClNO4. The molecule has 132 valence electrons. The quantitative estimate of drug-likeness (QED) is 0.734. The van der Waals surface area contributed by atoms with Gasteiger partial charge in [-0.05, 0) is 41.8 Å². The third-order valence-electron chi connectivity index (χ3n) is 3.52. The van der Waals surface area contributed by atoms with Gasteiger partial charge in [0.25, 0.3) is 5.91 Å². The zero-order valence-electron chi connectivity index (χ0n) is 14.0. The molecular weight excluding hydrogens is 342 g/mol. The van der Waals surface area contributed by atoms with E-state index in [0.29, 0.717) is 18.0 Å². The smallest absolute Gasteiger partial charge is 0.310 e. The average Bonchev–Trinajstić information content (AvgIpc) is 2.62. The Kier molecular flexibility index (Phi) is 7.29. The van der Waals surface area contributed by atoms with Crippen LogP contribution in [0.1, 0.15) is 11.1 Å². The Bertz CT molecular complexity index is 698. The normalized spacial score (nSPS) is 10.2. The third-order valence-corrected chi connectivity index (χ3v) is 3.77. The molecule has 0 heterocycles. The lowest BCUT2D eigenvalue weighted by Gasteiger charge is -2.07. The van der Waals surface area contributed by atoms with Gasteiger partial charge in [0.15, 0.2) is 6.61 Å². The topological polar surface area (TPSA) is 64.6 Å². The van der Waals surface area contributed by atoms with E-state index in [-0.39, 0.29) is 18.9 Å². The number of esters is 1. The van der Waals surface area contributed by atoms with Gasteiger partial charge in [-0.3, -0.25) is 9.59 Å². The Morgan fingerprint density at radius 1 is 1.00 bits per heavy atom. The van der Waals surface area contributed by atoms with E-state index in [2.05, 4.69) is 5.32 Å². The minimum absolute atomic E-state index is 0.113. The number of benzene rings is 2. The van der Waals surface area contributed by atoms with Crippen molar-refractivity contribution in [2.45, 2.75) is 12.8 Å². The predicted molar refractivity (Wildman–Crippen MR) is 95.8 cm³/mol. The monoisotopic (exact) mass is 361 g/mol. The van der Waals surface area contributed by atoms with Crippen molar-refractivity contribution in [1.29, 1.82) is 0 Å². The third kappa shape index (κ3) is 6.85. The maximum Gasteiger partial charge on any atom is 0.310 e. The number of methoxy groups -OCH3 is 1. The molecule has 0 aliphatic carbocycles. The van der Waals surface area contributed by atoms with Gasteiger partial charge in [0, 0.05) is 11.6 Å². The van der Waals surface area contributed by atoms with Gasteiger partial charge in [-0.2, -0.15) is 0 Å². The summed E-state index contributed by atoms with van der Waals surface area (Å²) in [6.45, 7) is 0.187. The summed E-state index contributed by atoms with van der Waals surface area (Å²) < 4.78 is 10.0. The van der Waals surface area contributed by atoms with Gasteiger partial charge in [0.2, 0.25) is 0 Å². The van der Waals surface area contributed by atoms with Gasteiger partial charge in [0.1, 0.15) is 5.75 Å². The van der Waals surface area contributed by atoms with Crippen molar-refractivity contribution in [3.05, 3.63) is 64.7 Å². The molecule has 0 aromatic heterocycles. The molecule has 5 nitrogen and oxygen atoms in total. The predicted octanol–water partition coefficient (Wildman–Crippen LogP) is 2.79. The minimum atomic E-state index is -0.446. The first-order valence-corrected chi connectivity index (χ1v) is 8.24. The van der Waals surface area contributed by atoms with E-state index in [1.807, 2.05) is 12.1 Å². The van der Waals surface area contributed by atoms with Gasteiger partial charge in [-0.25, -0.2) is 0 Å². The number of ether oxygens (including phenoxy) is 2. The van der Waals surface area contributed by atoms with E-state index >= 15 is 0 Å². The fourth-order valence-electron chi connectivity index (χ4n) is 2.16. The standard InChI is InChI=1S/C19H20ClNO4/c1-24-17-8-4-15(5-9-17)12-19(23)25-13-18(22)21-11-10-14-2-6-16(20)7-3-14/h2-9H,10-13H2,1H3,(H,21,22). The lowest BCUT2D eigenvalue weighted by atomic mass is 10.1. The Hall–Kier alpha value is -2.53. The van der Waals surface area contributed by atoms with Crippen LogP contribution in [0.5, 0.6) is 5.75 Å². The van der Waals surface area contributed by atoms with Crippen molar-refractivity contribution in [2.75, 3.05) is 20.3 Å². The van der Waals surface area contributed by atoms with Crippen LogP contribution in [0.15, 0.2) is 48.5 Å². The number of halogens is 1. The Labute approximate surface area is 151 Å². The summed E-state index contributed by atoms with van der Waals surface area (Å²) >= 11 is 5.82. The average molecular weight is 362 g/mol. The molecule has 0 bridgehead atoms. The van der Waals surface area contributed by atoms with Gasteiger partial charge in [0.05, 0.1) is 13.5 Å². The molecule has 25 heavy (non-hydrogen) atoms. The molecule has 0 aliphatic rings. The van der Waals surface area contributed by atoms with Crippen LogP contribution in [0.25, 0.3) is 0 Å². The summed E-state index contributed by atoms with van der Waals surface area (Å²) in [4.78, 5) is 23.5. The molecule has 0 unspecified atom stereocenters. The number of amides is 1. The minimum Gasteiger partial charge on any atom is -0.497 e. The first-order valence-electron chi connectivity index (χ1n) is 7.86. The highest BCUT2D eigenvalue weighted by Crippen LogP contribution is 2.12. The first kappa shape index (κ1) is 18.8. The number of nitrogens with one attached hydrogen (secondary N) is 1. The molecule has 0 fully saturated rings. The van der Waals surface area contributed by atoms with E-state index in [1.54, 1.807) is 43.5 Å². The maximum absolute atomic E-state index is 11.8.